The van der Waals surface area contributed by atoms with Crippen LogP contribution in [0.1, 0.15) is 5.56 Å². The Morgan fingerprint density at radius 2 is 1.86 bits per heavy atom. The number of hydrogen-bond donors (Lipinski definition) is 0. The molecule has 1 aromatic rings. The Morgan fingerprint density at radius 1 is 1.29 bits per heavy atom. The molecule has 7 heteroatoms. The maximum Gasteiger partial charge on any atom is 0.236 e. The summed E-state index contributed by atoms with van der Waals surface area (Å²) in [6.45, 7) is 0. The second-order valence-electron chi connectivity index (χ2n) is 2.50. The van der Waals surface area contributed by atoms with Crippen LogP contribution in [0.5, 0.6) is 0 Å². The molecule has 0 saturated carbocycles. The average molecular weight is 261 g/mol. The van der Waals surface area contributed by atoms with Gasteiger partial charge in [-0.15, -0.1) is 0 Å². The lowest BCUT2D eigenvalue weighted by molar-refractivity contribution is 0.559. The van der Waals surface area contributed by atoms with Gasteiger partial charge in [0.1, 0.15) is 11.6 Å². The zero-order valence-corrected chi connectivity index (χ0v) is 8.93. The molecule has 0 aliphatic rings. The third-order valence-electron chi connectivity index (χ3n) is 1.46. The van der Waals surface area contributed by atoms with Gasteiger partial charge < -0.3 is 0 Å². The van der Waals surface area contributed by atoms with Crippen LogP contribution in [0.4, 0.5) is 8.78 Å². The van der Waals surface area contributed by atoms with Crippen LogP contribution in [0.3, 0.4) is 0 Å². The fourth-order valence-corrected chi connectivity index (χ4v) is 1.99. The largest absolute Gasteiger partial charge is 0.236 e. The van der Waals surface area contributed by atoms with Gasteiger partial charge in [0.05, 0.1) is 10.8 Å². The number of halogens is 4. The first-order valence-corrected chi connectivity index (χ1v) is 6.21. The van der Waals surface area contributed by atoms with E-state index in [1.54, 1.807) is 0 Å². The molecule has 78 valence electrons. The molecule has 0 spiro atoms. The number of rotatable bonds is 2. The van der Waals surface area contributed by atoms with Crippen molar-refractivity contribution in [3.8, 4) is 0 Å². The molecule has 0 aromatic heterocycles. The van der Waals surface area contributed by atoms with Crippen molar-refractivity contribution in [1.29, 1.82) is 0 Å². The molecule has 0 unspecified atom stereocenters. The van der Waals surface area contributed by atoms with Gasteiger partial charge in [-0.05, 0) is 12.1 Å². The summed E-state index contributed by atoms with van der Waals surface area (Å²) in [5.74, 6) is -3.01. The van der Waals surface area contributed by atoms with Gasteiger partial charge >= 0.3 is 0 Å². The minimum absolute atomic E-state index is 0.346. The van der Waals surface area contributed by atoms with Crippen LogP contribution < -0.4 is 0 Å². The monoisotopic (exact) mass is 260 g/mol. The highest BCUT2D eigenvalue weighted by atomic mass is 35.7. The second kappa shape index (κ2) is 4.00. The van der Waals surface area contributed by atoms with Gasteiger partial charge in [-0.2, -0.15) is 0 Å². The minimum atomic E-state index is -4.01. The van der Waals surface area contributed by atoms with Gasteiger partial charge in [0.25, 0.3) is 0 Å². The molecule has 0 amide bonds. The standard InChI is InChI=1S/C7H4Cl2F2O2S/c8-5-1-2-6(10)4(7(5)11)3-14(9,12)13/h1-2H,3H2. The smallest absolute Gasteiger partial charge is 0.212 e. The predicted molar refractivity (Wildman–Crippen MR) is 49.8 cm³/mol. The van der Waals surface area contributed by atoms with Crippen molar-refractivity contribution in [2.24, 2.45) is 0 Å². The lowest BCUT2D eigenvalue weighted by atomic mass is 10.2. The summed E-state index contributed by atoms with van der Waals surface area (Å²) in [6.07, 6.45) is 0. The van der Waals surface area contributed by atoms with E-state index in [1.807, 2.05) is 0 Å². The highest BCUT2D eigenvalue weighted by Crippen LogP contribution is 2.23. The Morgan fingerprint density at radius 3 is 2.36 bits per heavy atom. The SMILES string of the molecule is O=S(=O)(Cl)Cc1c(F)ccc(Cl)c1F. The quantitative estimate of drug-likeness (QED) is 0.605. The van der Waals surface area contributed by atoms with Crippen LogP contribution in [-0.4, -0.2) is 8.42 Å². The lowest BCUT2D eigenvalue weighted by Crippen LogP contribution is -2.02. The first kappa shape index (κ1) is 11.7. The van der Waals surface area contributed by atoms with Crippen molar-refractivity contribution < 1.29 is 17.2 Å². The van der Waals surface area contributed by atoms with Gasteiger partial charge in [-0.1, -0.05) is 11.6 Å². The van der Waals surface area contributed by atoms with Crippen LogP contribution >= 0.6 is 22.3 Å². The molecule has 0 bridgehead atoms. The van der Waals surface area contributed by atoms with Gasteiger partial charge in [-0.3, -0.25) is 0 Å². The van der Waals surface area contributed by atoms with Crippen molar-refractivity contribution in [2.75, 3.05) is 0 Å². The van der Waals surface area contributed by atoms with E-state index in [9.17, 15) is 17.2 Å². The van der Waals surface area contributed by atoms with Gasteiger partial charge in [0.2, 0.25) is 9.05 Å². The van der Waals surface area contributed by atoms with E-state index in [2.05, 4.69) is 0 Å². The van der Waals surface area contributed by atoms with Crippen molar-refractivity contribution in [1.82, 2.24) is 0 Å². The molecule has 2 nitrogen and oxygen atoms in total. The first-order chi connectivity index (χ1) is 6.31. The van der Waals surface area contributed by atoms with E-state index in [0.29, 0.717) is 0 Å². The predicted octanol–water partition coefficient (Wildman–Crippen LogP) is 2.69. The van der Waals surface area contributed by atoms with Gasteiger partial charge in [0, 0.05) is 16.2 Å². The fraction of sp³-hybridized carbons (Fsp3) is 0.143. The lowest BCUT2D eigenvalue weighted by Gasteiger charge is -2.03. The summed E-state index contributed by atoms with van der Waals surface area (Å²) < 4.78 is 47.2. The molecular formula is C7H4Cl2F2O2S. The van der Waals surface area contributed by atoms with Gasteiger partial charge in [-0.25, -0.2) is 17.2 Å². The molecule has 0 heterocycles. The molecular weight excluding hydrogens is 257 g/mol. The zero-order valence-electron chi connectivity index (χ0n) is 6.60. The fourth-order valence-electron chi connectivity index (χ4n) is 0.874. The van der Waals surface area contributed by atoms with Crippen molar-refractivity contribution >= 4 is 31.3 Å². The summed E-state index contributed by atoms with van der Waals surface area (Å²) in [5.41, 5.74) is -0.646. The van der Waals surface area contributed by atoms with E-state index in [1.165, 1.54) is 0 Å². The molecule has 1 rings (SSSR count). The topological polar surface area (TPSA) is 34.1 Å². The van der Waals surface area contributed by atoms with Crippen LogP contribution in [0, 0.1) is 11.6 Å². The normalized spacial score (nSPS) is 11.7. The van der Waals surface area contributed by atoms with Crippen LogP contribution in [-0.2, 0) is 14.8 Å². The molecule has 0 radical (unpaired) electrons. The summed E-state index contributed by atoms with van der Waals surface area (Å²) >= 11 is 5.34. The summed E-state index contributed by atoms with van der Waals surface area (Å²) in [6, 6.07) is 1.87. The molecule has 0 aliphatic heterocycles. The third-order valence-corrected chi connectivity index (χ3v) is 2.71. The highest BCUT2D eigenvalue weighted by molar-refractivity contribution is 8.13. The summed E-state index contributed by atoms with van der Waals surface area (Å²) in [7, 11) is 0.854. The molecule has 0 fully saturated rings. The number of hydrogen-bond acceptors (Lipinski definition) is 2. The summed E-state index contributed by atoms with van der Waals surface area (Å²) in [4.78, 5) is 0. The Bertz CT molecular complexity index is 459. The van der Waals surface area contributed by atoms with Crippen LogP contribution in [0.15, 0.2) is 12.1 Å². The van der Waals surface area contributed by atoms with Crippen LogP contribution in [0.2, 0.25) is 5.02 Å². The average Bonchev–Trinajstić information content (AvgIpc) is 2.04. The first-order valence-electron chi connectivity index (χ1n) is 3.36. The molecule has 0 atom stereocenters. The highest BCUT2D eigenvalue weighted by Gasteiger charge is 2.18. The maximum atomic E-state index is 13.1. The zero-order chi connectivity index (χ0) is 10.9. The number of benzene rings is 1. The Balaban J connectivity index is 3.27. The minimum Gasteiger partial charge on any atom is -0.212 e. The Hall–Kier alpha value is -0.390. The van der Waals surface area contributed by atoms with E-state index < -0.39 is 32.0 Å². The maximum absolute atomic E-state index is 13.1. The summed E-state index contributed by atoms with van der Waals surface area (Å²) in [5, 5.41) is -0.346. The third kappa shape index (κ3) is 2.80. The van der Waals surface area contributed by atoms with E-state index in [-0.39, 0.29) is 5.02 Å². The molecule has 1 aromatic carbocycles. The molecule has 0 saturated heterocycles. The van der Waals surface area contributed by atoms with Crippen molar-refractivity contribution in [3.05, 3.63) is 34.4 Å². The Kier molecular flexibility index (Phi) is 3.34. The molecule has 0 N–H and O–H groups in total. The van der Waals surface area contributed by atoms with Crippen molar-refractivity contribution in [2.45, 2.75) is 5.75 Å². The van der Waals surface area contributed by atoms with Crippen molar-refractivity contribution in [3.63, 3.8) is 0 Å². The van der Waals surface area contributed by atoms with E-state index in [0.717, 1.165) is 12.1 Å². The second-order valence-corrected chi connectivity index (χ2v) is 5.69. The van der Waals surface area contributed by atoms with Crippen LogP contribution in [0.25, 0.3) is 0 Å². The molecule has 14 heavy (non-hydrogen) atoms. The van der Waals surface area contributed by atoms with E-state index in [4.69, 9.17) is 22.3 Å². The van der Waals surface area contributed by atoms with E-state index >= 15 is 0 Å². The van der Waals surface area contributed by atoms with Gasteiger partial charge in [0.15, 0.2) is 0 Å². The molecule has 0 aliphatic carbocycles. The Labute approximate surface area is 88.9 Å².